The minimum Gasteiger partial charge on any atom is -0.278 e. The highest BCUT2D eigenvalue weighted by Crippen LogP contribution is 2.14. The van der Waals surface area contributed by atoms with Crippen LogP contribution in [0.2, 0.25) is 0 Å². The van der Waals surface area contributed by atoms with E-state index in [1.165, 1.54) is 30.8 Å². The predicted molar refractivity (Wildman–Crippen MR) is 72.7 cm³/mol. The van der Waals surface area contributed by atoms with Crippen molar-refractivity contribution in [3.8, 4) is 0 Å². The molecule has 0 aliphatic rings. The lowest BCUT2D eigenvalue weighted by atomic mass is 10.2. The number of hydrogen-bond acceptors (Lipinski definition) is 5. The lowest BCUT2D eigenvalue weighted by molar-refractivity contribution is -0.384. The van der Waals surface area contributed by atoms with Gasteiger partial charge in [0.05, 0.1) is 17.2 Å². The Morgan fingerprint density at radius 2 is 1.89 bits per heavy atom. The predicted octanol–water partition coefficient (Wildman–Crippen LogP) is 1.83. The summed E-state index contributed by atoms with van der Waals surface area (Å²) < 4.78 is 0. The summed E-state index contributed by atoms with van der Waals surface area (Å²) in [5, 5.41) is 10.5. The van der Waals surface area contributed by atoms with Crippen molar-refractivity contribution in [3.05, 3.63) is 39.9 Å². The van der Waals surface area contributed by atoms with Crippen LogP contribution in [0, 0.1) is 10.1 Å². The molecule has 0 atom stereocenters. The molecule has 0 fully saturated rings. The average Bonchev–Trinajstić information content (AvgIpc) is 2.36. The first-order chi connectivity index (χ1) is 8.95. The van der Waals surface area contributed by atoms with Crippen molar-refractivity contribution < 1.29 is 14.5 Å². The van der Waals surface area contributed by atoms with Crippen LogP contribution in [0.1, 0.15) is 12.5 Å². The van der Waals surface area contributed by atoms with Crippen LogP contribution in [0.4, 0.5) is 5.69 Å². The Hall–Kier alpha value is -1.89. The molecule has 0 spiro atoms. The second-order valence-corrected chi connectivity index (χ2v) is 4.72. The Labute approximate surface area is 114 Å². The van der Waals surface area contributed by atoms with Crippen molar-refractivity contribution in [3.63, 3.8) is 0 Å². The van der Waals surface area contributed by atoms with Crippen LogP contribution in [-0.4, -0.2) is 33.6 Å². The number of benzene rings is 1. The average molecular weight is 282 g/mol. The monoisotopic (exact) mass is 282 g/mol. The molecule has 2 amide bonds. The molecular formula is C12H14N2O4S. The Balaban J connectivity index is 2.82. The van der Waals surface area contributed by atoms with Crippen molar-refractivity contribution in [1.82, 2.24) is 4.90 Å². The van der Waals surface area contributed by atoms with E-state index in [0.29, 0.717) is 5.56 Å². The van der Waals surface area contributed by atoms with E-state index in [1.807, 2.05) is 0 Å². The Bertz CT molecular complexity index is 487. The van der Waals surface area contributed by atoms with Crippen LogP contribution in [0.15, 0.2) is 24.3 Å². The van der Waals surface area contributed by atoms with Crippen molar-refractivity contribution in [2.45, 2.75) is 13.5 Å². The van der Waals surface area contributed by atoms with Crippen molar-refractivity contribution in [2.24, 2.45) is 0 Å². The molecule has 0 aliphatic heterocycles. The molecule has 0 radical (unpaired) electrons. The fourth-order valence-corrected chi connectivity index (χ4v) is 1.88. The minimum atomic E-state index is -0.495. The Kier molecular flexibility index (Phi) is 5.50. The van der Waals surface area contributed by atoms with E-state index in [2.05, 4.69) is 0 Å². The first-order valence-corrected chi connectivity index (χ1v) is 6.88. The number of rotatable bonds is 5. The van der Waals surface area contributed by atoms with Gasteiger partial charge in [-0.15, -0.1) is 0 Å². The summed E-state index contributed by atoms with van der Waals surface area (Å²) in [5.41, 5.74) is 0.656. The number of nitro benzene ring substituents is 1. The molecule has 0 saturated heterocycles. The minimum absolute atomic E-state index is 0.0198. The van der Waals surface area contributed by atoms with Crippen molar-refractivity contribution in [2.75, 3.05) is 12.0 Å². The summed E-state index contributed by atoms with van der Waals surface area (Å²) in [5.74, 6) is -0.372. The summed E-state index contributed by atoms with van der Waals surface area (Å²) in [6.45, 7) is 1.45. The Morgan fingerprint density at radius 3 is 2.32 bits per heavy atom. The number of non-ortho nitro benzene ring substituents is 1. The second-order valence-electron chi connectivity index (χ2n) is 3.86. The third-order valence-electron chi connectivity index (χ3n) is 2.44. The molecule has 1 aromatic carbocycles. The van der Waals surface area contributed by atoms with E-state index in [9.17, 15) is 19.7 Å². The van der Waals surface area contributed by atoms with Crippen LogP contribution in [-0.2, 0) is 16.1 Å². The maximum Gasteiger partial charge on any atom is 0.269 e. The van der Waals surface area contributed by atoms with Crippen LogP contribution >= 0.6 is 11.8 Å². The number of nitrogens with zero attached hydrogens (tertiary/aromatic N) is 2. The highest BCUT2D eigenvalue weighted by Gasteiger charge is 2.18. The van der Waals surface area contributed by atoms with Crippen LogP contribution < -0.4 is 0 Å². The molecule has 19 heavy (non-hydrogen) atoms. The summed E-state index contributed by atoms with van der Waals surface area (Å²) in [7, 11) is 0. The molecule has 0 heterocycles. The molecule has 0 aliphatic carbocycles. The van der Waals surface area contributed by atoms with Gasteiger partial charge in [0.2, 0.25) is 11.8 Å². The zero-order valence-corrected chi connectivity index (χ0v) is 11.5. The summed E-state index contributed by atoms with van der Waals surface area (Å²) in [6.07, 6.45) is 1.78. The van der Waals surface area contributed by atoms with E-state index in [0.717, 1.165) is 4.90 Å². The largest absolute Gasteiger partial charge is 0.278 e. The van der Waals surface area contributed by atoms with Gasteiger partial charge in [-0.2, -0.15) is 11.8 Å². The zero-order chi connectivity index (χ0) is 14.4. The number of thioether (sulfide) groups is 1. The van der Waals surface area contributed by atoms with E-state index >= 15 is 0 Å². The van der Waals surface area contributed by atoms with E-state index in [4.69, 9.17) is 0 Å². The highest BCUT2D eigenvalue weighted by atomic mass is 32.2. The molecule has 1 aromatic rings. The zero-order valence-electron chi connectivity index (χ0n) is 10.7. The van der Waals surface area contributed by atoms with E-state index < -0.39 is 4.92 Å². The molecule has 0 unspecified atom stereocenters. The van der Waals surface area contributed by atoms with Crippen LogP contribution in [0.5, 0.6) is 0 Å². The first kappa shape index (κ1) is 15.2. The normalized spacial score (nSPS) is 10.0. The Morgan fingerprint density at radius 1 is 1.32 bits per heavy atom. The molecular weight excluding hydrogens is 268 g/mol. The fraction of sp³-hybridized carbons (Fsp3) is 0.333. The van der Waals surface area contributed by atoms with Gasteiger partial charge in [-0.1, -0.05) is 12.1 Å². The van der Waals surface area contributed by atoms with Gasteiger partial charge in [0.25, 0.3) is 5.69 Å². The fourth-order valence-electron chi connectivity index (χ4n) is 1.48. The third kappa shape index (κ3) is 4.36. The van der Waals surface area contributed by atoms with E-state index in [-0.39, 0.29) is 29.8 Å². The van der Waals surface area contributed by atoms with Gasteiger partial charge in [-0.05, 0) is 11.8 Å². The van der Waals surface area contributed by atoms with Crippen LogP contribution in [0.25, 0.3) is 0 Å². The second kappa shape index (κ2) is 6.89. The molecule has 0 aromatic heterocycles. The van der Waals surface area contributed by atoms with Gasteiger partial charge < -0.3 is 0 Å². The molecule has 1 rings (SSSR count). The quantitative estimate of drug-likeness (QED) is 0.608. The van der Waals surface area contributed by atoms with E-state index in [1.54, 1.807) is 18.4 Å². The van der Waals surface area contributed by atoms with Crippen molar-refractivity contribution in [1.29, 1.82) is 0 Å². The van der Waals surface area contributed by atoms with Crippen LogP contribution in [0.3, 0.4) is 0 Å². The molecule has 102 valence electrons. The molecule has 7 heteroatoms. The van der Waals surface area contributed by atoms with Gasteiger partial charge in [0.1, 0.15) is 0 Å². The number of carbonyl (C=O) groups excluding carboxylic acids is 2. The van der Waals surface area contributed by atoms with Gasteiger partial charge in [0.15, 0.2) is 0 Å². The summed E-state index contributed by atoms with van der Waals surface area (Å²) >= 11 is 1.34. The van der Waals surface area contributed by atoms with Crippen molar-refractivity contribution >= 4 is 29.3 Å². The number of nitro groups is 1. The number of carbonyl (C=O) groups is 2. The topological polar surface area (TPSA) is 80.5 Å². The lowest BCUT2D eigenvalue weighted by Crippen LogP contribution is -2.35. The lowest BCUT2D eigenvalue weighted by Gasteiger charge is -2.18. The first-order valence-electron chi connectivity index (χ1n) is 5.49. The molecule has 6 nitrogen and oxygen atoms in total. The summed E-state index contributed by atoms with van der Waals surface area (Å²) in [6, 6.07) is 5.79. The standard InChI is InChI=1S/C12H14N2O4S/c1-9(15)13(12(16)8-19-2)7-10-3-5-11(6-4-10)14(17)18/h3-6H,7-8H2,1-2H3. The number of amides is 2. The smallest absolute Gasteiger partial charge is 0.269 e. The van der Waals surface area contributed by atoms with Gasteiger partial charge in [-0.3, -0.25) is 24.6 Å². The maximum absolute atomic E-state index is 11.7. The SMILES string of the molecule is CSCC(=O)N(Cc1ccc([N+](=O)[O-])cc1)C(C)=O. The van der Waals surface area contributed by atoms with Gasteiger partial charge >= 0.3 is 0 Å². The maximum atomic E-state index is 11.7. The highest BCUT2D eigenvalue weighted by molar-refractivity contribution is 7.99. The third-order valence-corrected chi connectivity index (χ3v) is 2.97. The molecule has 0 bridgehead atoms. The number of imide groups is 1. The molecule has 0 saturated carbocycles. The van der Waals surface area contributed by atoms with Gasteiger partial charge in [-0.25, -0.2) is 0 Å². The van der Waals surface area contributed by atoms with Gasteiger partial charge in [0, 0.05) is 19.1 Å². The number of hydrogen-bond donors (Lipinski definition) is 0. The molecule has 0 N–H and O–H groups in total. The summed E-state index contributed by atoms with van der Waals surface area (Å²) in [4.78, 5) is 34.3.